The van der Waals surface area contributed by atoms with Gasteiger partial charge in [-0.2, -0.15) is 0 Å². The molecule has 0 heteroatoms. The molecule has 0 aromatic rings. The average Bonchev–Trinajstić information content (AvgIpc) is 2.50. The molecule has 13 unspecified atom stereocenters. The van der Waals surface area contributed by atoms with E-state index in [1.165, 1.54) is 17.8 Å². The SMILES string of the molecule is CC1CCC2CCC3C4C5CC67C5CC6(C)CC7(C)C45C(C)C2C135. The van der Waals surface area contributed by atoms with E-state index >= 15 is 0 Å². The van der Waals surface area contributed by atoms with Gasteiger partial charge < -0.3 is 0 Å². The predicted octanol–water partition coefficient (Wildman–Crippen LogP) is 5.77. The van der Waals surface area contributed by atoms with E-state index in [1.807, 2.05) is 0 Å². The minimum absolute atomic E-state index is 0.747. The highest BCUT2D eigenvalue weighted by atomic mass is 15.1. The van der Waals surface area contributed by atoms with E-state index in [2.05, 4.69) is 27.7 Å². The lowest BCUT2D eigenvalue weighted by Gasteiger charge is -3.06. The van der Waals surface area contributed by atoms with Gasteiger partial charge >= 0.3 is 0 Å². The van der Waals surface area contributed by atoms with E-state index < -0.39 is 0 Å². The third-order valence-electron chi connectivity index (χ3n) is 13.8. The van der Waals surface area contributed by atoms with Gasteiger partial charge in [0.25, 0.3) is 0 Å². The molecule has 130 valence electrons. The Labute approximate surface area is 147 Å². The smallest absolute Gasteiger partial charge is 0.0111 e. The van der Waals surface area contributed by atoms with E-state index in [-0.39, 0.29) is 0 Å². The summed E-state index contributed by atoms with van der Waals surface area (Å²) < 4.78 is 0. The molecular formula is C24H34. The maximum Gasteiger partial charge on any atom is -0.0111 e. The van der Waals surface area contributed by atoms with Crippen molar-refractivity contribution >= 4 is 0 Å². The molecule has 0 aromatic heterocycles. The van der Waals surface area contributed by atoms with Crippen molar-refractivity contribution in [3.63, 3.8) is 0 Å². The Kier molecular flexibility index (Phi) is 1.65. The van der Waals surface area contributed by atoms with Crippen LogP contribution in [0.3, 0.4) is 0 Å². The van der Waals surface area contributed by atoms with Crippen molar-refractivity contribution in [1.29, 1.82) is 0 Å². The normalized spacial score (nSPS) is 83.5. The van der Waals surface area contributed by atoms with Crippen LogP contribution in [-0.2, 0) is 0 Å². The predicted molar refractivity (Wildman–Crippen MR) is 95.1 cm³/mol. The van der Waals surface area contributed by atoms with Gasteiger partial charge in [0.2, 0.25) is 0 Å². The molecule has 4 bridgehead atoms. The van der Waals surface area contributed by atoms with Gasteiger partial charge in [0, 0.05) is 0 Å². The summed E-state index contributed by atoms with van der Waals surface area (Å²) in [6.07, 6.45) is 11.3. The van der Waals surface area contributed by atoms with Crippen LogP contribution in [0.1, 0.15) is 72.6 Å². The molecule has 8 aliphatic carbocycles. The van der Waals surface area contributed by atoms with Crippen LogP contribution in [0.5, 0.6) is 0 Å². The standard InChI is InChI=1S/C24H34/c1-12-5-6-14-7-8-16-19-15-9-22-17(15)10-20(22,3)11-21(22,4)24(19)13(2)18(14)23(12,16)24/h12-19H,5-11H2,1-4H3. The van der Waals surface area contributed by atoms with Gasteiger partial charge in [-0.1, -0.05) is 27.7 Å². The Morgan fingerprint density at radius 2 is 1.62 bits per heavy atom. The average molecular weight is 323 g/mol. The summed E-state index contributed by atoms with van der Waals surface area (Å²) in [7, 11) is 0. The van der Waals surface area contributed by atoms with Crippen molar-refractivity contribution in [2.75, 3.05) is 0 Å². The first-order valence-corrected chi connectivity index (χ1v) is 11.4. The molecule has 8 saturated carbocycles. The zero-order chi connectivity index (χ0) is 16.1. The molecule has 8 fully saturated rings. The van der Waals surface area contributed by atoms with Crippen LogP contribution < -0.4 is 0 Å². The summed E-state index contributed by atoms with van der Waals surface area (Å²) >= 11 is 0. The number of hydrogen-bond donors (Lipinski definition) is 0. The molecule has 8 rings (SSSR count). The van der Waals surface area contributed by atoms with Crippen LogP contribution >= 0.6 is 0 Å². The van der Waals surface area contributed by atoms with Crippen LogP contribution in [0, 0.1) is 74.4 Å². The Morgan fingerprint density at radius 3 is 2.38 bits per heavy atom. The summed E-state index contributed by atoms with van der Waals surface area (Å²) in [5.41, 5.74) is 4.01. The molecule has 0 saturated heterocycles. The fourth-order valence-electron chi connectivity index (χ4n) is 14.5. The van der Waals surface area contributed by atoms with Crippen molar-refractivity contribution in [2.24, 2.45) is 74.4 Å². The molecule has 8 aliphatic rings. The first-order valence-electron chi connectivity index (χ1n) is 11.4. The summed E-state index contributed by atoms with van der Waals surface area (Å²) in [4.78, 5) is 0. The van der Waals surface area contributed by atoms with Crippen LogP contribution in [-0.4, -0.2) is 0 Å². The topological polar surface area (TPSA) is 0 Å². The quantitative estimate of drug-likeness (QED) is 0.531. The molecule has 0 N–H and O–H groups in total. The second-order valence-electron chi connectivity index (χ2n) is 12.8. The molecule has 24 heavy (non-hydrogen) atoms. The van der Waals surface area contributed by atoms with Gasteiger partial charge in [-0.15, -0.1) is 0 Å². The zero-order valence-electron chi connectivity index (χ0n) is 16.1. The second-order valence-corrected chi connectivity index (χ2v) is 12.8. The van der Waals surface area contributed by atoms with Crippen LogP contribution in [0.15, 0.2) is 0 Å². The van der Waals surface area contributed by atoms with Gasteiger partial charge in [0.05, 0.1) is 0 Å². The fourth-order valence-corrected chi connectivity index (χ4v) is 14.5. The van der Waals surface area contributed by atoms with E-state index in [1.54, 1.807) is 44.9 Å². The maximum absolute atomic E-state index is 2.85. The highest BCUT2D eigenvalue weighted by Gasteiger charge is 3.02. The highest BCUT2D eigenvalue weighted by Crippen LogP contribution is 3.07. The second kappa shape index (κ2) is 2.99. The van der Waals surface area contributed by atoms with E-state index in [4.69, 9.17) is 0 Å². The van der Waals surface area contributed by atoms with Gasteiger partial charge in [0.15, 0.2) is 0 Å². The minimum atomic E-state index is 0.747. The molecule has 0 aliphatic heterocycles. The molecule has 0 aromatic carbocycles. The molecule has 0 heterocycles. The van der Waals surface area contributed by atoms with Crippen molar-refractivity contribution < 1.29 is 0 Å². The summed E-state index contributed by atoms with van der Waals surface area (Å²) in [5, 5.41) is 0. The van der Waals surface area contributed by atoms with Gasteiger partial charge in [-0.3, -0.25) is 0 Å². The van der Waals surface area contributed by atoms with Gasteiger partial charge in [-0.05, 0) is 119 Å². The largest absolute Gasteiger partial charge is 0.0619 e. The highest BCUT2D eigenvalue weighted by molar-refractivity contribution is 5.49. The Hall–Kier alpha value is 0. The molecule has 0 amide bonds. The zero-order valence-corrected chi connectivity index (χ0v) is 16.1. The molecule has 0 nitrogen and oxygen atoms in total. The number of rotatable bonds is 0. The van der Waals surface area contributed by atoms with E-state index in [9.17, 15) is 0 Å². The first kappa shape index (κ1) is 13.2. The first-order chi connectivity index (χ1) is 11.4. The summed E-state index contributed by atoms with van der Waals surface area (Å²) in [5.74, 6) is 9.09. The van der Waals surface area contributed by atoms with Gasteiger partial charge in [0.1, 0.15) is 0 Å². The summed E-state index contributed by atoms with van der Waals surface area (Å²) in [6.45, 7) is 11.0. The van der Waals surface area contributed by atoms with Gasteiger partial charge in [-0.25, -0.2) is 0 Å². The Bertz CT molecular complexity index is 724. The Morgan fingerprint density at radius 1 is 0.833 bits per heavy atom. The third-order valence-corrected chi connectivity index (χ3v) is 13.8. The maximum atomic E-state index is 2.85. The summed E-state index contributed by atoms with van der Waals surface area (Å²) in [6, 6.07) is 0. The lowest BCUT2D eigenvalue weighted by Crippen LogP contribution is -3.01. The fraction of sp³-hybridized carbons (Fsp3) is 1.00. The van der Waals surface area contributed by atoms with Crippen molar-refractivity contribution in [1.82, 2.24) is 0 Å². The van der Waals surface area contributed by atoms with Crippen LogP contribution in [0.25, 0.3) is 0 Å². The molecular weight excluding hydrogens is 288 g/mol. The van der Waals surface area contributed by atoms with Crippen molar-refractivity contribution in [3.05, 3.63) is 0 Å². The number of fused-ring (bicyclic) bond motifs is 2. The van der Waals surface area contributed by atoms with Crippen LogP contribution in [0.2, 0.25) is 0 Å². The van der Waals surface area contributed by atoms with Crippen molar-refractivity contribution in [3.8, 4) is 0 Å². The van der Waals surface area contributed by atoms with Crippen LogP contribution in [0.4, 0.5) is 0 Å². The Balaban J connectivity index is 1.41. The van der Waals surface area contributed by atoms with E-state index in [0.29, 0.717) is 0 Å². The molecule has 3 spiro atoms. The number of hydrogen-bond acceptors (Lipinski definition) is 0. The minimum Gasteiger partial charge on any atom is -0.0619 e. The lowest BCUT2D eigenvalue weighted by atomic mass is 8.98. The van der Waals surface area contributed by atoms with Crippen molar-refractivity contribution in [2.45, 2.75) is 72.6 Å². The molecule has 0 radical (unpaired) electrons. The monoisotopic (exact) mass is 322 g/mol. The lowest BCUT2D eigenvalue weighted by molar-refractivity contribution is -0.591. The van der Waals surface area contributed by atoms with E-state index in [0.717, 1.165) is 56.7 Å². The molecule has 13 atom stereocenters. The third kappa shape index (κ3) is 0.697.